The number of nitrogens with one attached hydrogen (secondary N) is 2. The van der Waals surface area contributed by atoms with Crippen molar-refractivity contribution in [1.82, 2.24) is 10.4 Å². The van der Waals surface area contributed by atoms with Crippen molar-refractivity contribution >= 4 is 40.6 Å². The largest absolute Gasteiger partial charge is 0.493 e. The lowest BCUT2D eigenvalue weighted by molar-refractivity contribution is -0.137. The lowest BCUT2D eigenvalue weighted by Crippen LogP contribution is -2.19. The van der Waals surface area contributed by atoms with Gasteiger partial charge in [-0.15, -0.1) is 0 Å². The minimum absolute atomic E-state index is 0.0415. The minimum Gasteiger partial charge on any atom is -0.493 e. The number of hydrazone groups is 1. The third-order valence-corrected chi connectivity index (χ3v) is 6.68. The maximum Gasteiger partial charge on any atom is 0.416 e. The predicted octanol–water partition coefficient (Wildman–Crippen LogP) is 7.64. The number of carbonyl (C=O) groups excluding carboxylic acids is 2. The number of esters is 1. The van der Waals surface area contributed by atoms with Gasteiger partial charge in [-0.1, -0.05) is 48.0 Å². The third-order valence-electron chi connectivity index (χ3n) is 6.35. The molecule has 0 unspecified atom stereocenters. The van der Waals surface area contributed by atoms with Crippen molar-refractivity contribution in [2.75, 3.05) is 7.11 Å². The summed E-state index contributed by atoms with van der Waals surface area (Å²) in [6.07, 6.45) is -3.33. The second kappa shape index (κ2) is 12.0. The zero-order valence-electron chi connectivity index (χ0n) is 22.1. The molecule has 0 fully saturated rings. The Morgan fingerprint density at radius 3 is 2.47 bits per heavy atom. The Morgan fingerprint density at radius 1 is 0.953 bits per heavy atom. The van der Waals surface area contributed by atoms with E-state index in [1.165, 1.54) is 49.7 Å². The molecule has 0 aliphatic carbocycles. The maximum atomic E-state index is 14.6. The SMILES string of the molecule is COc1cc(C=NNC(=O)c2[nH]c3c(F)cccc3c2-c2ccccc2Cl)ccc1OC(=O)c1cccc(C(F)(F)F)c1. The third kappa shape index (κ3) is 6.21. The molecule has 0 bridgehead atoms. The first-order valence-electron chi connectivity index (χ1n) is 12.5. The van der Waals surface area contributed by atoms with E-state index in [4.69, 9.17) is 21.1 Å². The standard InChI is InChI=1S/C31H20ClF4N3O4/c1-42-25-14-17(12-13-24(25)43-30(41)18-6-4-7-19(15-18)31(34,35)36)16-37-39-29(40)28-26(20-8-2-3-10-22(20)32)21-9-5-11-23(33)27(21)38-28/h2-16,38H,1H3,(H,39,40). The van der Waals surface area contributed by atoms with Gasteiger partial charge >= 0.3 is 12.1 Å². The highest BCUT2D eigenvalue weighted by Gasteiger charge is 2.31. The number of carbonyl (C=O) groups is 2. The second-order valence-corrected chi connectivity index (χ2v) is 9.50. The fourth-order valence-corrected chi connectivity index (χ4v) is 4.58. The molecule has 0 aliphatic rings. The summed E-state index contributed by atoms with van der Waals surface area (Å²) >= 11 is 6.39. The average Bonchev–Trinajstić information content (AvgIpc) is 3.38. The molecule has 43 heavy (non-hydrogen) atoms. The molecule has 0 saturated carbocycles. The quantitative estimate of drug-likeness (QED) is 0.0652. The molecule has 12 heteroatoms. The molecule has 4 aromatic carbocycles. The number of benzene rings is 4. The van der Waals surface area contributed by atoms with Crippen LogP contribution in [-0.2, 0) is 6.18 Å². The van der Waals surface area contributed by atoms with Crippen molar-refractivity contribution in [1.29, 1.82) is 0 Å². The van der Waals surface area contributed by atoms with Gasteiger partial charge in [0.15, 0.2) is 11.5 Å². The van der Waals surface area contributed by atoms with Crippen molar-refractivity contribution in [3.63, 3.8) is 0 Å². The fourth-order valence-electron chi connectivity index (χ4n) is 4.35. The van der Waals surface area contributed by atoms with Crippen molar-refractivity contribution < 1.29 is 36.6 Å². The van der Waals surface area contributed by atoms with Crippen LogP contribution in [0, 0.1) is 5.82 Å². The highest BCUT2D eigenvalue weighted by molar-refractivity contribution is 6.34. The molecule has 5 rings (SSSR count). The second-order valence-electron chi connectivity index (χ2n) is 9.09. The van der Waals surface area contributed by atoms with Gasteiger partial charge < -0.3 is 14.5 Å². The summed E-state index contributed by atoms with van der Waals surface area (Å²) in [5, 5.41) is 4.80. The topological polar surface area (TPSA) is 92.8 Å². The fraction of sp³-hybridized carbons (Fsp3) is 0.0645. The van der Waals surface area contributed by atoms with Gasteiger partial charge in [0.25, 0.3) is 5.91 Å². The monoisotopic (exact) mass is 609 g/mol. The number of H-pyrrole nitrogens is 1. The van der Waals surface area contributed by atoms with E-state index >= 15 is 0 Å². The van der Waals surface area contributed by atoms with Crippen LogP contribution in [0.2, 0.25) is 5.02 Å². The average molecular weight is 610 g/mol. The number of para-hydroxylation sites is 1. The number of rotatable bonds is 7. The van der Waals surface area contributed by atoms with Crippen LogP contribution >= 0.6 is 11.6 Å². The Morgan fingerprint density at radius 2 is 1.72 bits per heavy atom. The van der Waals surface area contributed by atoms with Gasteiger partial charge in [0.1, 0.15) is 11.5 Å². The molecule has 2 N–H and O–H groups in total. The van der Waals surface area contributed by atoms with E-state index in [-0.39, 0.29) is 28.3 Å². The van der Waals surface area contributed by atoms with Crippen LogP contribution in [0.1, 0.15) is 32.0 Å². The number of hydrogen-bond acceptors (Lipinski definition) is 5. The van der Waals surface area contributed by atoms with Crippen LogP contribution in [0.25, 0.3) is 22.0 Å². The molecular weight excluding hydrogens is 590 g/mol. The van der Waals surface area contributed by atoms with E-state index in [1.807, 2.05) is 0 Å². The Balaban J connectivity index is 1.35. The summed E-state index contributed by atoms with van der Waals surface area (Å²) in [7, 11) is 1.31. The lowest BCUT2D eigenvalue weighted by atomic mass is 10.0. The van der Waals surface area contributed by atoms with Crippen LogP contribution in [0.3, 0.4) is 0 Å². The van der Waals surface area contributed by atoms with Crippen LogP contribution < -0.4 is 14.9 Å². The van der Waals surface area contributed by atoms with Crippen LogP contribution in [0.15, 0.2) is 90.0 Å². The molecule has 1 amide bonds. The van der Waals surface area contributed by atoms with Crippen LogP contribution in [0.5, 0.6) is 11.5 Å². The number of alkyl halides is 3. The first-order chi connectivity index (χ1) is 20.6. The van der Waals surface area contributed by atoms with Crippen molar-refractivity contribution in [2.24, 2.45) is 5.10 Å². The number of hydrogen-bond donors (Lipinski definition) is 2. The van der Waals surface area contributed by atoms with Crippen molar-refractivity contribution in [3.8, 4) is 22.6 Å². The molecule has 218 valence electrons. The Labute approximate surface area is 246 Å². The molecule has 0 aliphatic heterocycles. The highest BCUT2D eigenvalue weighted by Crippen LogP contribution is 2.37. The summed E-state index contributed by atoms with van der Waals surface area (Å²) in [6, 6.07) is 19.4. The summed E-state index contributed by atoms with van der Waals surface area (Å²) in [5.41, 5.74) is 2.64. The lowest BCUT2D eigenvalue weighted by Gasteiger charge is -2.11. The van der Waals surface area contributed by atoms with Crippen molar-refractivity contribution in [3.05, 3.63) is 118 Å². The molecule has 7 nitrogen and oxygen atoms in total. The predicted molar refractivity (Wildman–Crippen MR) is 153 cm³/mol. The summed E-state index contributed by atoms with van der Waals surface area (Å²) in [4.78, 5) is 28.5. The number of halogens is 5. The van der Waals surface area contributed by atoms with E-state index in [9.17, 15) is 27.2 Å². The van der Waals surface area contributed by atoms with Crippen LogP contribution in [0.4, 0.5) is 17.6 Å². The minimum atomic E-state index is -4.62. The smallest absolute Gasteiger partial charge is 0.416 e. The number of aromatic amines is 1. The van der Waals surface area contributed by atoms with Crippen LogP contribution in [-0.4, -0.2) is 30.2 Å². The van der Waals surface area contributed by atoms with Gasteiger partial charge in [-0.05, 0) is 54.1 Å². The molecule has 0 radical (unpaired) electrons. The van der Waals surface area contributed by atoms with Gasteiger partial charge in [-0.25, -0.2) is 14.6 Å². The van der Waals surface area contributed by atoms with Gasteiger partial charge in [-0.3, -0.25) is 4.79 Å². The number of aromatic nitrogens is 1. The number of fused-ring (bicyclic) bond motifs is 1. The van der Waals surface area contributed by atoms with E-state index in [1.54, 1.807) is 30.3 Å². The summed E-state index contributed by atoms with van der Waals surface area (Å²) in [6.45, 7) is 0. The number of methoxy groups -OCH3 is 1. The Bertz CT molecular complexity index is 1890. The van der Waals surface area contributed by atoms with Gasteiger partial charge in [-0.2, -0.15) is 18.3 Å². The van der Waals surface area contributed by atoms with Gasteiger partial charge in [0.05, 0.1) is 30.0 Å². The van der Waals surface area contributed by atoms with Gasteiger partial charge in [0, 0.05) is 21.5 Å². The summed E-state index contributed by atoms with van der Waals surface area (Å²) in [5.74, 6) is -2.19. The summed E-state index contributed by atoms with van der Waals surface area (Å²) < 4.78 is 64.1. The normalized spacial score (nSPS) is 11.6. The number of amides is 1. The first kappa shape index (κ1) is 29.3. The zero-order valence-corrected chi connectivity index (χ0v) is 22.9. The molecular formula is C31H20ClF4N3O4. The first-order valence-corrected chi connectivity index (χ1v) is 12.9. The van der Waals surface area contributed by atoms with E-state index < -0.39 is 29.4 Å². The number of ether oxygens (including phenoxy) is 2. The molecule has 1 aromatic heterocycles. The molecule has 0 atom stereocenters. The van der Waals surface area contributed by atoms with Gasteiger partial charge in [0.2, 0.25) is 0 Å². The Kier molecular flexibility index (Phi) is 8.18. The van der Waals surface area contributed by atoms with Crippen molar-refractivity contribution in [2.45, 2.75) is 6.18 Å². The zero-order chi connectivity index (χ0) is 30.7. The molecule has 0 spiro atoms. The highest BCUT2D eigenvalue weighted by atomic mass is 35.5. The van der Waals surface area contributed by atoms with E-state index in [2.05, 4.69) is 15.5 Å². The Hall–Kier alpha value is -5.16. The molecule has 5 aromatic rings. The molecule has 0 saturated heterocycles. The van der Waals surface area contributed by atoms with E-state index in [0.717, 1.165) is 12.1 Å². The molecule has 1 heterocycles. The van der Waals surface area contributed by atoms with E-state index in [0.29, 0.717) is 33.2 Å². The maximum absolute atomic E-state index is 14.6. The number of nitrogens with zero attached hydrogens (tertiary/aromatic N) is 1.